The minimum atomic E-state index is -0.807. The number of nitrogens with zero attached hydrogens (tertiary/aromatic N) is 2. The van der Waals surface area contributed by atoms with Gasteiger partial charge in [0.15, 0.2) is 0 Å². The first-order valence-corrected chi connectivity index (χ1v) is 6.92. The first-order chi connectivity index (χ1) is 11.0. The quantitative estimate of drug-likeness (QED) is 0.728. The summed E-state index contributed by atoms with van der Waals surface area (Å²) in [7, 11) is 1.69. The maximum atomic E-state index is 14.1. The Kier molecular flexibility index (Phi) is 3.71. The molecule has 6 nitrogen and oxygen atoms in total. The number of hydroxylamine groups is 1. The molecule has 118 valence electrons. The van der Waals surface area contributed by atoms with E-state index in [0.29, 0.717) is 16.9 Å². The maximum Gasteiger partial charge on any atom is 0.245 e. The Morgan fingerprint density at radius 3 is 2.83 bits per heavy atom. The van der Waals surface area contributed by atoms with Crippen LogP contribution >= 0.6 is 0 Å². The van der Waals surface area contributed by atoms with E-state index in [1.54, 1.807) is 49.0 Å². The molecule has 0 aliphatic heterocycles. The second-order valence-electron chi connectivity index (χ2n) is 5.20. The minimum Gasteiger partial charge on any atom is -0.759 e. The number of aromatic nitrogens is 2. The predicted molar refractivity (Wildman–Crippen MR) is 86.0 cm³/mol. The summed E-state index contributed by atoms with van der Waals surface area (Å²) in [5.74, 6) is -0.954. The van der Waals surface area contributed by atoms with E-state index in [0.717, 1.165) is 5.56 Å². The number of rotatable bonds is 3. The Labute approximate surface area is 131 Å². The van der Waals surface area contributed by atoms with Crippen LogP contribution in [0.4, 0.5) is 15.9 Å². The van der Waals surface area contributed by atoms with Gasteiger partial charge in [-0.3, -0.25) is 4.79 Å². The second-order valence-corrected chi connectivity index (χ2v) is 5.20. The average molecular weight is 313 g/mol. The van der Waals surface area contributed by atoms with Crippen LogP contribution in [0.1, 0.15) is 15.9 Å². The molecule has 23 heavy (non-hydrogen) atoms. The largest absolute Gasteiger partial charge is 0.759 e. The fraction of sp³-hybridized carbons (Fsp3) is 0.125. The van der Waals surface area contributed by atoms with Gasteiger partial charge in [-0.05, 0) is 36.8 Å². The van der Waals surface area contributed by atoms with Gasteiger partial charge in [0, 0.05) is 18.6 Å². The van der Waals surface area contributed by atoms with Crippen molar-refractivity contribution >= 4 is 28.4 Å². The van der Waals surface area contributed by atoms with Gasteiger partial charge in [-0.15, -0.1) is 0 Å². The molecule has 1 aromatic carbocycles. The van der Waals surface area contributed by atoms with Crippen molar-refractivity contribution in [1.82, 2.24) is 15.0 Å². The van der Waals surface area contributed by atoms with Crippen molar-refractivity contribution in [3.63, 3.8) is 0 Å². The second kappa shape index (κ2) is 5.69. The fourth-order valence-electron chi connectivity index (χ4n) is 2.54. The molecule has 7 heteroatoms. The number of amides is 1. The average Bonchev–Trinajstić information content (AvgIpc) is 2.82. The lowest BCUT2D eigenvalue weighted by Crippen LogP contribution is -2.17. The summed E-state index contributed by atoms with van der Waals surface area (Å²) in [5.41, 5.74) is 3.01. The minimum absolute atomic E-state index is 0.130. The van der Waals surface area contributed by atoms with Crippen molar-refractivity contribution in [3.8, 4) is 0 Å². The summed E-state index contributed by atoms with van der Waals surface area (Å²) in [6.07, 6.45) is 1.58. The highest BCUT2D eigenvalue weighted by atomic mass is 19.1. The van der Waals surface area contributed by atoms with Gasteiger partial charge in [0.05, 0.1) is 11.3 Å². The molecule has 0 saturated carbocycles. The van der Waals surface area contributed by atoms with Crippen molar-refractivity contribution in [3.05, 3.63) is 58.7 Å². The number of fused-ring (bicyclic) bond motifs is 1. The van der Waals surface area contributed by atoms with Gasteiger partial charge in [0.25, 0.3) is 0 Å². The Hall–Kier alpha value is -2.93. The molecule has 0 radical (unpaired) electrons. The molecule has 0 atom stereocenters. The Morgan fingerprint density at radius 1 is 1.35 bits per heavy atom. The van der Waals surface area contributed by atoms with E-state index < -0.39 is 11.7 Å². The van der Waals surface area contributed by atoms with E-state index in [4.69, 9.17) is 0 Å². The lowest BCUT2D eigenvalue weighted by Gasteiger charge is -2.13. The standard InChI is InChI=1S/C16H14FN4O2/c1-9-5-6-12(11(17)8-9)19-15-13(16(22)20-23)10-4-3-7-18-14(10)21(15)2/h3-8H,1-2H3,(H2-,19,20,22,23)/q-1. The van der Waals surface area contributed by atoms with Crippen LogP contribution in [0.15, 0.2) is 36.5 Å². The van der Waals surface area contributed by atoms with Crippen molar-refractivity contribution in [2.75, 3.05) is 5.32 Å². The zero-order chi connectivity index (χ0) is 16.6. The first-order valence-electron chi connectivity index (χ1n) is 6.92. The van der Waals surface area contributed by atoms with Crippen LogP contribution in [-0.4, -0.2) is 15.5 Å². The van der Waals surface area contributed by atoms with Gasteiger partial charge < -0.3 is 20.6 Å². The number of anilines is 2. The third-order valence-corrected chi connectivity index (χ3v) is 3.64. The lowest BCUT2D eigenvalue weighted by molar-refractivity contribution is 0.0972. The van der Waals surface area contributed by atoms with Crippen LogP contribution in [0.2, 0.25) is 0 Å². The van der Waals surface area contributed by atoms with Crippen LogP contribution in [-0.2, 0) is 7.05 Å². The number of halogens is 1. The van der Waals surface area contributed by atoms with Crippen LogP contribution in [0.5, 0.6) is 0 Å². The smallest absolute Gasteiger partial charge is 0.245 e. The molecular formula is C16H14FN4O2-. The van der Waals surface area contributed by atoms with E-state index in [1.807, 2.05) is 0 Å². The number of hydrogen-bond donors (Lipinski definition) is 2. The zero-order valence-corrected chi connectivity index (χ0v) is 12.6. The Morgan fingerprint density at radius 2 is 2.13 bits per heavy atom. The Balaban J connectivity index is 2.20. The zero-order valence-electron chi connectivity index (χ0n) is 12.6. The molecule has 3 aromatic rings. The first kappa shape index (κ1) is 15.0. The number of benzene rings is 1. The highest BCUT2D eigenvalue weighted by Gasteiger charge is 2.21. The summed E-state index contributed by atoms with van der Waals surface area (Å²) in [4.78, 5) is 16.2. The highest BCUT2D eigenvalue weighted by Crippen LogP contribution is 2.31. The molecule has 2 aromatic heterocycles. The molecule has 0 unspecified atom stereocenters. The molecular weight excluding hydrogens is 299 g/mol. The SMILES string of the molecule is Cc1ccc(Nc2c(C(=O)N[O-])c3cccnc3n2C)c(F)c1. The number of pyridine rings is 1. The third kappa shape index (κ3) is 2.51. The summed E-state index contributed by atoms with van der Waals surface area (Å²) in [5, 5.41) is 14.3. The molecule has 2 heterocycles. The number of aryl methyl sites for hydroxylation is 2. The number of nitrogens with one attached hydrogen (secondary N) is 2. The van der Waals surface area contributed by atoms with E-state index >= 15 is 0 Å². The van der Waals surface area contributed by atoms with Crippen LogP contribution in [0.3, 0.4) is 0 Å². The van der Waals surface area contributed by atoms with E-state index in [-0.39, 0.29) is 11.3 Å². The van der Waals surface area contributed by atoms with E-state index in [2.05, 4.69) is 10.3 Å². The van der Waals surface area contributed by atoms with Crippen molar-refractivity contribution in [2.45, 2.75) is 6.92 Å². The molecule has 0 spiro atoms. The predicted octanol–water partition coefficient (Wildman–Crippen LogP) is 2.99. The van der Waals surface area contributed by atoms with Gasteiger partial charge in [-0.2, -0.15) is 0 Å². The normalized spacial score (nSPS) is 10.8. The molecule has 1 amide bonds. The molecule has 0 aliphatic carbocycles. The number of carbonyl (C=O) groups excluding carboxylic acids is 1. The topological polar surface area (TPSA) is 82.0 Å². The molecule has 0 fully saturated rings. The summed E-state index contributed by atoms with van der Waals surface area (Å²) < 4.78 is 15.7. The summed E-state index contributed by atoms with van der Waals surface area (Å²) in [6, 6.07) is 8.06. The monoisotopic (exact) mass is 313 g/mol. The van der Waals surface area contributed by atoms with Gasteiger partial charge in [-0.1, -0.05) is 6.07 Å². The van der Waals surface area contributed by atoms with E-state index in [9.17, 15) is 14.4 Å². The molecule has 0 saturated heterocycles. The number of carbonyl (C=O) groups is 1. The summed E-state index contributed by atoms with van der Waals surface area (Å²) in [6.45, 7) is 1.78. The maximum absolute atomic E-state index is 14.1. The van der Waals surface area contributed by atoms with Crippen LogP contribution < -0.4 is 10.8 Å². The van der Waals surface area contributed by atoms with E-state index in [1.165, 1.54) is 11.5 Å². The molecule has 2 N–H and O–H groups in total. The summed E-state index contributed by atoms with van der Waals surface area (Å²) >= 11 is 0. The molecule has 3 rings (SSSR count). The third-order valence-electron chi connectivity index (χ3n) is 3.64. The van der Waals surface area contributed by atoms with Crippen molar-refractivity contribution < 1.29 is 9.18 Å². The molecule has 0 aliphatic rings. The highest BCUT2D eigenvalue weighted by molar-refractivity contribution is 6.11. The van der Waals surface area contributed by atoms with Gasteiger partial charge in [-0.25, -0.2) is 9.37 Å². The molecule has 0 bridgehead atoms. The van der Waals surface area contributed by atoms with Crippen molar-refractivity contribution in [2.24, 2.45) is 7.05 Å². The lowest BCUT2D eigenvalue weighted by atomic mass is 10.2. The van der Waals surface area contributed by atoms with Crippen molar-refractivity contribution in [1.29, 1.82) is 0 Å². The number of hydrogen-bond acceptors (Lipinski definition) is 4. The van der Waals surface area contributed by atoms with Gasteiger partial charge in [0.2, 0.25) is 5.91 Å². The van der Waals surface area contributed by atoms with Crippen LogP contribution in [0, 0.1) is 17.9 Å². The fourth-order valence-corrected chi connectivity index (χ4v) is 2.54. The van der Waals surface area contributed by atoms with Crippen LogP contribution in [0.25, 0.3) is 11.0 Å². The van der Waals surface area contributed by atoms with Gasteiger partial charge in [0.1, 0.15) is 17.3 Å². The Bertz CT molecular complexity index is 904. The van der Waals surface area contributed by atoms with Gasteiger partial charge >= 0.3 is 0 Å².